The van der Waals surface area contributed by atoms with E-state index in [9.17, 15) is 9.90 Å². The second-order valence-electron chi connectivity index (χ2n) is 14.7. The first-order valence-electron chi connectivity index (χ1n) is 22.8. The van der Waals surface area contributed by atoms with E-state index >= 15 is 0 Å². The molecule has 1 unspecified atom stereocenters. The van der Waals surface area contributed by atoms with Crippen molar-refractivity contribution >= 4 is 5.97 Å². The number of aliphatic hydroxyl groups is 1. The van der Waals surface area contributed by atoms with Crippen LogP contribution in [0.2, 0.25) is 0 Å². The molecule has 1 N–H and O–H groups in total. The van der Waals surface area contributed by atoms with E-state index in [2.05, 4.69) is 111 Å². The lowest BCUT2D eigenvalue weighted by Gasteiger charge is -2.16. The lowest BCUT2D eigenvalue weighted by Crippen LogP contribution is -2.27. The molecular formula is C51H86O4. The molecule has 0 saturated heterocycles. The van der Waals surface area contributed by atoms with Crippen LogP contribution in [0.5, 0.6) is 0 Å². The Morgan fingerprint density at radius 2 is 0.764 bits per heavy atom. The third-order valence-corrected chi connectivity index (χ3v) is 9.40. The second-order valence-corrected chi connectivity index (χ2v) is 14.7. The van der Waals surface area contributed by atoms with E-state index in [1.807, 2.05) is 0 Å². The lowest BCUT2D eigenvalue weighted by atomic mass is 10.1. The molecule has 0 rings (SSSR count). The third-order valence-electron chi connectivity index (χ3n) is 9.40. The van der Waals surface area contributed by atoms with Gasteiger partial charge in [-0.1, -0.05) is 195 Å². The van der Waals surface area contributed by atoms with Crippen LogP contribution >= 0.6 is 0 Å². The molecule has 0 aliphatic carbocycles. The van der Waals surface area contributed by atoms with E-state index < -0.39 is 6.10 Å². The Hall–Kier alpha value is -2.69. The molecule has 0 heterocycles. The Labute approximate surface area is 341 Å². The standard InChI is InChI=1S/C51H86O4/c1-3-5-7-9-11-13-15-17-19-21-23-24-25-26-27-28-29-30-32-34-36-38-40-42-44-46-51(53)55-50(48-52)49-54-47-45-43-41-39-37-35-33-31-22-20-18-16-14-12-10-8-6-4-2/h5-8,11-14,17-20,23-24,26-27,50,52H,3-4,9-10,15-16,21-22,25,28-49H2,1-2H3/b7-5-,8-6-,13-11-,14-12-,19-17-,20-18-,24-23-,27-26-. The van der Waals surface area contributed by atoms with Gasteiger partial charge in [-0.15, -0.1) is 0 Å². The van der Waals surface area contributed by atoms with Gasteiger partial charge in [0.05, 0.1) is 13.2 Å². The smallest absolute Gasteiger partial charge is 0.306 e. The summed E-state index contributed by atoms with van der Waals surface area (Å²) >= 11 is 0. The van der Waals surface area contributed by atoms with Crippen LogP contribution in [0.3, 0.4) is 0 Å². The number of aliphatic hydroxyl groups excluding tert-OH is 1. The number of unbranched alkanes of at least 4 members (excludes halogenated alkanes) is 17. The van der Waals surface area contributed by atoms with Gasteiger partial charge in [-0.05, 0) is 89.9 Å². The fraction of sp³-hybridized carbons (Fsp3) is 0.667. The van der Waals surface area contributed by atoms with E-state index in [-0.39, 0.29) is 19.2 Å². The van der Waals surface area contributed by atoms with Gasteiger partial charge in [0, 0.05) is 13.0 Å². The topological polar surface area (TPSA) is 55.8 Å². The molecule has 0 amide bonds. The molecule has 0 fully saturated rings. The van der Waals surface area contributed by atoms with E-state index in [0.717, 1.165) is 70.6 Å². The number of carbonyl (C=O) groups excluding carboxylic acids is 1. The molecule has 0 aromatic carbocycles. The van der Waals surface area contributed by atoms with Gasteiger partial charge in [0.25, 0.3) is 0 Å². The molecule has 0 aromatic rings. The average molecular weight is 763 g/mol. The fourth-order valence-electron chi connectivity index (χ4n) is 6.07. The quantitative estimate of drug-likeness (QED) is 0.0383. The van der Waals surface area contributed by atoms with Gasteiger partial charge < -0.3 is 14.6 Å². The minimum absolute atomic E-state index is 0.183. The van der Waals surface area contributed by atoms with Crippen LogP contribution in [-0.2, 0) is 14.3 Å². The zero-order valence-electron chi connectivity index (χ0n) is 35.9. The summed E-state index contributed by atoms with van der Waals surface area (Å²) in [6.45, 7) is 5.09. The van der Waals surface area contributed by atoms with Crippen molar-refractivity contribution in [2.75, 3.05) is 19.8 Å². The summed E-state index contributed by atoms with van der Waals surface area (Å²) < 4.78 is 11.2. The van der Waals surface area contributed by atoms with Crippen LogP contribution < -0.4 is 0 Å². The first kappa shape index (κ1) is 52.3. The van der Waals surface area contributed by atoms with Gasteiger partial charge in [-0.25, -0.2) is 0 Å². The summed E-state index contributed by atoms with van der Waals surface area (Å²) in [5.74, 6) is -0.214. The molecule has 4 heteroatoms. The number of hydrogen-bond donors (Lipinski definition) is 1. The van der Waals surface area contributed by atoms with Gasteiger partial charge in [0.15, 0.2) is 0 Å². The van der Waals surface area contributed by atoms with Crippen molar-refractivity contribution in [2.24, 2.45) is 0 Å². The highest BCUT2D eigenvalue weighted by Gasteiger charge is 2.13. The lowest BCUT2D eigenvalue weighted by molar-refractivity contribution is -0.154. The molecule has 55 heavy (non-hydrogen) atoms. The molecule has 4 nitrogen and oxygen atoms in total. The van der Waals surface area contributed by atoms with Gasteiger partial charge in [-0.3, -0.25) is 4.79 Å². The molecule has 0 bridgehead atoms. The van der Waals surface area contributed by atoms with Crippen LogP contribution in [0.1, 0.15) is 194 Å². The minimum atomic E-state index is -0.548. The van der Waals surface area contributed by atoms with Crippen molar-refractivity contribution in [3.63, 3.8) is 0 Å². The molecule has 0 spiro atoms. The van der Waals surface area contributed by atoms with Gasteiger partial charge in [0.1, 0.15) is 6.10 Å². The van der Waals surface area contributed by atoms with Crippen molar-refractivity contribution in [3.05, 3.63) is 97.2 Å². The van der Waals surface area contributed by atoms with E-state index in [1.54, 1.807) is 0 Å². The number of ether oxygens (including phenoxy) is 2. The van der Waals surface area contributed by atoms with E-state index in [4.69, 9.17) is 9.47 Å². The number of carbonyl (C=O) groups is 1. The summed E-state index contributed by atoms with van der Waals surface area (Å²) in [5.41, 5.74) is 0. The summed E-state index contributed by atoms with van der Waals surface area (Å²) in [6.07, 6.45) is 67.6. The van der Waals surface area contributed by atoms with Crippen molar-refractivity contribution in [3.8, 4) is 0 Å². The molecule has 314 valence electrons. The van der Waals surface area contributed by atoms with Gasteiger partial charge >= 0.3 is 5.97 Å². The van der Waals surface area contributed by atoms with Crippen LogP contribution in [0, 0.1) is 0 Å². The minimum Gasteiger partial charge on any atom is -0.457 e. The summed E-state index contributed by atoms with van der Waals surface area (Å²) in [4.78, 5) is 12.2. The molecular weight excluding hydrogens is 677 g/mol. The van der Waals surface area contributed by atoms with Crippen molar-refractivity contribution in [2.45, 2.75) is 200 Å². The maximum absolute atomic E-state index is 12.2. The highest BCUT2D eigenvalue weighted by Crippen LogP contribution is 2.13. The Kier molecular flexibility index (Phi) is 45.1. The van der Waals surface area contributed by atoms with E-state index in [0.29, 0.717) is 13.0 Å². The van der Waals surface area contributed by atoms with Crippen LogP contribution in [0.15, 0.2) is 97.2 Å². The largest absolute Gasteiger partial charge is 0.457 e. The number of rotatable bonds is 41. The zero-order valence-corrected chi connectivity index (χ0v) is 35.9. The van der Waals surface area contributed by atoms with Crippen LogP contribution in [-0.4, -0.2) is 37.0 Å². The maximum atomic E-state index is 12.2. The fourth-order valence-corrected chi connectivity index (χ4v) is 6.07. The average Bonchev–Trinajstić information content (AvgIpc) is 3.19. The number of allylic oxidation sites excluding steroid dienone is 16. The van der Waals surface area contributed by atoms with Crippen molar-refractivity contribution < 1.29 is 19.4 Å². The molecule has 0 radical (unpaired) electrons. The summed E-state index contributed by atoms with van der Waals surface area (Å²) in [5, 5.41) is 9.62. The Morgan fingerprint density at radius 3 is 1.15 bits per heavy atom. The second kappa shape index (κ2) is 47.5. The Balaban J connectivity index is 3.49. The summed E-state index contributed by atoms with van der Waals surface area (Å²) in [6, 6.07) is 0. The molecule has 1 atom stereocenters. The first-order chi connectivity index (χ1) is 27.2. The zero-order chi connectivity index (χ0) is 39.8. The predicted octanol–water partition coefficient (Wildman–Crippen LogP) is 15.3. The molecule has 0 aromatic heterocycles. The molecule has 0 aliphatic rings. The predicted molar refractivity (Wildman–Crippen MR) is 242 cm³/mol. The van der Waals surface area contributed by atoms with Crippen LogP contribution in [0.25, 0.3) is 0 Å². The highest BCUT2D eigenvalue weighted by molar-refractivity contribution is 5.69. The molecule has 0 saturated carbocycles. The Bertz CT molecular complexity index is 1030. The normalized spacial score (nSPS) is 13.3. The number of hydrogen-bond acceptors (Lipinski definition) is 4. The summed E-state index contributed by atoms with van der Waals surface area (Å²) in [7, 11) is 0. The van der Waals surface area contributed by atoms with Gasteiger partial charge in [-0.2, -0.15) is 0 Å². The van der Waals surface area contributed by atoms with E-state index in [1.165, 1.54) is 103 Å². The molecule has 0 aliphatic heterocycles. The number of esters is 1. The Morgan fingerprint density at radius 1 is 0.436 bits per heavy atom. The van der Waals surface area contributed by atoms with Gasteiger partial charge in [0.2, 0.25) is 0 Å². The van der Waals surface area contributed by atoms with Crippen molar-refractivity contribution in [1.82, 2.24) is 0 Å². The monoisotopic (exact) mass is 763 g/mol. The first-order valence-corrected chi connectivity index (χ1v) is 22.8. The van der Waals surface area contributed by atoms with Crippen LogP contribution in [0.4, 0.5) is 0 Å². The maximum Gasteiger partial charge on any atom is 0.306 e. The van der Waals surface area contributed by atoms with Crippen molar-refractivity contribution in [1.29, 1.82) is 0 Å². The SMILES string of the molecule is CC/C=C\C/C=C\C/C=C\C/C=C\C/C=C\CCCCCCCCCCCC(=O)OC(CO)COCCCCCCCCCC/C=C\C/C=C\C/C=C\CC. The highest BCUT2D eigenvalue weighted by atomic mass is 16.6. The third kappa shape index (κ3) is 45.6.